The van der Waals surface area contributed by atoms with E-state index < -0.39 is 5.97 Å². The minimum absolute atomic E-state index is 0.215. The molecule has 3 nitrogen and oxygen atoms in total. The molecule has 82 valence electrons. The number of ether oxygens (including phenoxy) is 1. The van der Waals surface area contributed by atoms with Gasteiger partial charge in [0.15, 0.2) is 0 Å². The molecule has 1 N–H and O–H groups in total. The molecule has 16 heavy (non-hydrogen) atoms. The normalized spacial score (nSPS) is 10.1. The Morgan fingerprint density at radius 1 is 1.31 bits per heavy atom. The molecule has 1 heterocycles. The lowest BCUT2D eigenvalue weighted by molar-refractivity contribution is 0.0694. The van der Waals surface area contributed by atoms with E-state index in [1.165, 1.54) is 18.4 Å². The Bertz CT molecular complexity index is 503. The number of carbonyl (C=O) groups is 1. The van der Waals surface area contributed by atoms with Gasteiger partial charge in [0.2, 0.25) is 0 Å². The van der Waals surface area contributed by atoms with Gasteiger partial charge >= 0.3 is 5.97 Å². The Kier molecular flexibility index (Phi) is 2.92. The van der Waals surface area contributed by atoms with Gasteiger partial charge in [0.1, 0.15) is 11.3 Å². The molecule has 0 amide bonds. The summed E-state index contributed by atoms with van der Waals surface area (Å²) < 4.78 is 5.07. The first-order valence-electron chi connectivity index (χ1n) is 4.68. The number of thiophene rings is 1. The van der Waals surface area contributed by atoms with Crippen molar-refractivity contribution in [3.8, 4) is 16.2 Å². The van der Waals surface area contributed by atoms with Crippen LogP contribution < -0.4 is 4.74 Å². The fraction of sp³-hybridized carbons (Fsp3) is 0.0833. The maximum absolute atomic E-state index is 11.2. The van der Waals surface area contributed by atoms with Gasteiger partial charge in [0.25, 0.3) is 0 Å². The van der Waals surface area contributed by atoms with E-state index in [0.717, 1.165) is 4.88 Å². The Balaban J connectivity index is 2.65. The van der Waals surface area contributed by atoms with E-state index in [0.29, 0.717) is 11.3 Å². The van der Waals surface area contributed by atoms with E-state index in [9.17, 15) is 9.90 Å². The molecule has 0 aliphatic rings. The molecule has 0 saturated heterocycles. The summed E-state index contributed by atoms with van der Waals surface area (Å²) in [5.41, 5.74) is 0.911. The van der Waals surface area contributed by atoms with Crippen molar-refractivity contribution in [2.24, 2.45) is 0 Å². The monoisotopic (exact) mass is 234 g/mol. The maximum Gasteiger partial charge on any atom is 0.340 e. The number of hydrogen-bond donors (Lipinski definition) is 1. The zero-order chi connectivity index (χ0) is 11.5. The molecule has 0 spiro atoms. The summed E-state index contributed by atoms with van der Waals surface area (Å²) in [4.78, 5) is 12.1. The summed E-state index contributed by atoms with van der Waals surface area (Å²) in [5, 5.41) is 11.1. The molecular weight excluding hydrogens is 224 g/mol. The number of aromatic carboxylic acids is 1. The number of methoxy groups -OCH3 is 1. The topological polar surface area (TPSA) is 46.5 Å². The van der Waals surface area contributed by atoms with Crippen LogP contribution in [0.2, 0.25) is 0 Å². The fourth-order valence-electron chi connectivity index (χ4n) is 1.56. The summed E-state index contributed by atoms with van der Waals surface area (Å²) in [6.45, 7) is 0. The van der Waals surface area contributed by atoms with Gasteiger partial charge in [-0.1, -0.05) is 18.2 Å². The van der Waals surface area contributed by atoms with Crippen molar-refractivity contribution in [2.45, 2.75) is 0 Å². The summed E-state index contributed by atoms with van der Waals surface area (Å²) in [6, 6.07) is 9.02. The second kappa shape index (κ2) is 4.37. The highest BCUT2D eigenvalue weighted by Crippen LogP contribution is 2.33. The predicted molar refractivity (Wildman–Crippen MR) is 63.3 cm³/mol. The zero-order valence-corrected chi connectivity index (χ0v) is 9.45. The molecule has 0 atom stereocenters. The number of hydrogen-bond acceptors (Lipinski definition) is 3. The van der Waals surface area contributed by atoms with Gasteiger partial charge in [-0.25, -0.2) is 4.79 Å². The number of rotatable bonds is 3. The van der Waals surface area contributed by atoms with Crippen molar-refractivity contribution in [1.82, 2.24) is 0 Å². The lowest BCUT2D eigenvalue weighted by Crippen LogP contribution is -2.02. The maximum atomic E-state index is 11.2. The Morgan fingerprint density at radius 3 is 2.69 bits per heavy atom. The second-order valence-electron chi connectivity index (χ2n) is 3.17. The fourth-order valence-corrected chi connectivity index (χ4v) is 2.32. The molecule has 2 rings (SSSR count). The standard InChI is InChI=1S/C12H10O3S/c1-15-9-5-2-4-8(11(9)12(13)14)10-6-3-7-16-10/h2-7H,1H3,(H,13,14). The van der Waals surface area contributed by atoms with Crippen LogP contribution in [0, 0.1) is 0 Å². The van der Waals surface area contributed by atoms with Gasteiger partial charge in [-0.15, -0.1) is 11.3 Å². The Morgan fingerprint density at radius 2 is 2.12 bits per heavy atom. The molecule has 0 aliphatic heterocycles. The molecule has 0 radical (unpaired) electrons. The van der Waals surface area contributed by atoms with Crippen molar-refractivity contribution in [3.63, 3.8) is 0 Å². The lowest BCUT2D eigenvalue weighted by Gasteiger charge is -2.08. The SMILES string of the molecule is COc1cccc(-c2cccs2)c1C(=O)O. The van der Waals surface area contributed by atoms with Crippen molar-refractivity contribution in [3.05, 3.63) is 41.3 Å². The minimum atomic E-state index is -0.971. The van der Waals surface area contributed by atoms with E-state index in [-0.39, 0.29) is 5.56 Å². The smallest absolute Gasteiger partial charge is 0.340 e. The minimum Gasteiger partial charge on any atom is -0.496 e. The highest BCUT2D eigenvalue weighted by Gasteiger charge is 2.17. The van der Waals surface area contributed by atoms with Crippen molar-refractivity contribution in [2.75, 3.05) is 7.11 Å². The highest BCUT2D eigenvalue weighted by molar-refractivity contribution is 7.13. The van der Waals surface area contributed by atoms with Crippen LogP contribution in [0.3, 0.4) is 0 Å². The van der Waals surface area contributed by atoms with Gasteiger partial charge in [-0.05, 0) is 17.5 Å². The molecule has 4 heteroatoms. The number of carboxylic acids is 1. The van der Waals surface area contributed by atoms with Crippen LogP contribution >= 0.6 is 11.3 Å². The van der Waals surface area contributed by atoms with Crippen LogP contribution in [0.15, 0.2) is 35.7 Å². The van der Waals surface area contributed by atoms with Crippen molar-refractivity contribution >= 4 is 17.3 Å². The van der Waals surface area contributed by atoms with E-state index >= 15 is 0 Å². The van der Waals surface area contributed by atoms with Crippen LogP contribution in [0.5, 0.6) is 5.75 Å². The molecule has 1 aromatic carbocycles. The molecule has 2 aromatic rings. The summed E-state index contributed by atoms with van der Waals surface area (Å²) in [6.07, 6.45) is 0. The van der Waals surface area contributed by atoms with E-state index in [1.807, 2.05) is 17.5 Å². The predicted octanol–water partition coefficient (Wildman–Crippen LogP) is 3.12. The first-order valence-corrected chi connectivity index (χ1v) is 5.56. The van der Waals surface area contributed by atoms with Gasteiger partial charge in [-0.3, -0.25) is 0 Å². The van der Waals surface area contributed by atoms with Gasteiger partial charge in [-0.2, -0.15) is 0 Å². The van der Waals surface area contributed by atoms with Crippen LogP contribution in [0.1, 0.15) is 10.4 Å². The van der Waals surface area contributed by atoms with E-state index in [2.05, 4.69) is 0 Å². The lowest BCUT2D eigenvalue weighted by atomic mass is 10.1. The average Bonchev–Trinajstić information content (AvgIpc) is 2.81. The van der Waals surface area contributed by atoms with E-state index in [4.69, 9.17) is 4.74 Å². The molecule has 0 aliphatic carbocycles. The molecule has 0 fully saturated rings. The Hall–Kier alpha value is -1.81. The quantitative estimate of drug-likeness (QED) is 0.887. The van der Waals surface area contributed by atoms with Crippen LogP contribution in [0.25, 0.3) is 10.4 Å². The van der Waals surface area contributed by atoms with Gasteiger partial charge in [0.05, 0.1) is 7.11 Å². The van der Waals surface area contributed by atoms with Crippen LogP contribution in [0.4, 0.5) is 0 Å². The van der Waals surface area contributed by atoms with Gasteiger partial charge in [0, 0.05) is 10.4 Å². The molecule has 0 bridgehead atoms. The van der Waals surface area contributed by atoms with E-state index in [1.54, 1.807) is 18.2 Å². The number of benzene rings is 1. The third kappa shape index (κ3) is 1.79. The first-order chi connectivity index (χ1) is 7.74. The molecule has 0 saturated carbocycles. The van der Waals surface area contributed by atoms with Crippen LogP contribution in [-0.2, 0) is 0 Å². The zero-order valence-electron chi connectivity index (χ0n) is 8.64. The third-order valence-corrected chi connectivity index (χ3v) is 3.15. The first kappa shape index (κ1) is 10.7. The Labute approximate surface area is 96.9 Å². The van der Waals surface area contributed by atoms with Crippen molar-refractivity contribution in [1.29, 1.82) is 0 Å². The second-order valence-corrected chi connectivity index (χ2v) is 4.11. The van der Waals surface area contributed by atoms with Crippen molar-refractivity contribution < 1.29 is 14.6 Å². The molecular formula is C12H10O3S. The summed E-state index contributed by atoms with van der Waals surface area (Å²) >= 11 is 1.51. The largest absolute Gasteiger partial charge is 0.496 e. The highest BCUT2D eigenvalue weighted by atomic mass is 32.1. The number of carboxylic acid groups (broad SMARTS) is 1. The average molecular weight is 234 g/mol. The molecule has 1 aromatic heterocycles. The van der Waals surface area contributed by atoms with Crippen LogP contribution in [-0.4, -0.2) is 18.2 Å². The van der Waals surface area contributed by atoms with Gasteiger partial charge < -0.3 is 9.84 Å². The summed E-state index contributed by atoms with van der Waals surface area (Å²) in [7, 11) is 1.47. The molecule has 0 unspecified atom stereocenters. The summed E-state index contributed by atoms with van der Waals surface area (Å²) in [5.74, 6) is -0.584. The third-order valence-electron chi connectivity index (χ3n) is 2.25.